The van der Waals surface area contributed by atoms with Gasteiger partial charge >= 0.3 is 20.2 Å². The third-order valence-corrected chi connectivity index (χ3v) is 8.36. The Morgan fingerprint density at radius 1 is 0.474 bits per heavy atom. The minimum Gasteiger partial charge on any atom is -0.497 e. The van der Waals surface area contributed by atoms with Crippen LogP contribution in [0.2, 0.25) is 0 Å². The Bertz CT molecular complexity index is 1630. The van der Waals surface area contributed by atoms with Crippen molar-refractivity contribution < 1.29 is 39.5 Å². The van der Waals surface area contributed by atoms with Gasteiger partial charge in [0.25, 0.3) is 0 Å². The monoisotopic (exact) mass is 552 g/mol. The maximum atomic E-state index is 13.2. The van der Waals surface area contributed by atoms with Gasteiger partial charge in [-0.05, 0) is 83.9 Å². The average Bonchev–Trinajstić information content (AvgIpc) is 3.20. The lowest BCUT2D eigenvalue weighted by atomic mass is 10.1. The molecular formula is C27H20O9S2. The maximum absolute atomic E-state index is 13.2. The molecule has 9 nitrogen and oxygen atoms in total. The highest BCUT2D eigenvalue weighted by Crippen LogP contribution is 2.39. The highest BCUT2D eigenvalue weighted by Gasteiger charge is 2.31. The van der Waals surface area contributed by atoms with Gasteiger partial charge in [-0.2, -0.15) is 16.8 Å². The minimum absolute atomic E-state index is 0.0765. The number of carbonyl (C=O) groups excluding carboxylic acids is 1. The summed E-state index contributed by atoms with van der Waals surface area (Å²) in [5, 5.41) is 0. The summed E-state index contributed by atoms with van der Waals surface area (Å²) in [6, 6.07) is 20.1. The lowest BCUT2D eigenvalue weighted by Gasteiger charge is -2.09. The summed E-state index contributed by atoms with van der Waals surface area (Å²) in [7, 11) is -5.54. The SMILES string of the molecule is COc1ccc(OS(=O)(=O)c2ccc3c(c2)C(=O)c2cc(S(=O)(=O)Oc4ccc(OC)cc4)ccc2-3)cc1. The molecule has 0 radical (unpaired) electrons. The Morgan fingerprint density at radius 2 is 0.816 bits per heavy atom. The van der Waals surface area contributed by atoms with Crippen molar-refractivity contribution in [1.82, 2.24) is 0 Å². The van der Waals surface area contributed by atoms with Crippen LogP contribution in [0.4, 0.5) is 0 Å². The highest BCUT2D eigenvalue weighted by atomic mass is 32.2. The van der Waals surface area contributed by atoms with E-state index < -0.39 is 26.0 Å². The Morgan fingerprint density at radius 3 is 1.16 bits per heavy atom. The molecule has 0 atom stereocenters. The number of ketones is 1. The number of hydrogen-bond donors (Lipinski definition) is 0. The van der Waals surface area contributed by atoms with Crippen molar-refractivity contribution in [3.8, 4) is 34.1 Å². The van der Waals surface area contributed by atoms with Crippen LogP contribution in [0.25, 0.3) is 11.1 Å². The van der Waals surface area contributed by atoms with Crippen LogP contribution in [0.15, 0.2) is 94.7 Å². The number of hydrogen-bond acceptors (Lipinski definition) is 9. The topological polar surface area (TPSA) is 122 Å². The second-order valence-corrected chi connectivity index (χ2v) is 11.3. The number of methoxy groups -OCH3 is 2. The molecule has 0 spiro atoms. The molecule has 11 heteroatoms. The second kappa shape index (κ2) is 9.51. The molecule has 0 amide bonds. The Hall–Kier alpha value is -4.35. The predicted octanol–water partition coefficient (Wildman–Crippen LogP) is 4.45. The van der Waals surface area contributed by atoms with Crippen molar-refractivity contribution in [2.45, 2.75) is 9.79 Å². The van der Waals surface area contributed by atoms with E-state index in [1.54, 1.807) is 24.3 Å². The molecule has 1 aliphatic carbocycles. The zero-order valence-electron chi connectivity index (χ0n) is 20.1. The van der Waals surface area contributed by atoms with E-state index in [1.807, 2.05) is 0 Å². The Labute approximate surface area is 219 Å². The van der Waals surface area contributed by atoms with Crippen LogP contribution in [0, 0.1) is 0 Å². The first-order valence-electron chi connectivity index (χ1n) is 11.1. The first-order valence-corrected chi connectivity index (χ1v) is 13.9. The van der Waals surface area contributed by atoms with E-state index in [4.69, 9.17) is 17.8 Å². The normalized spacial score (nSPS) is 12.4. The maximum Gasteiger partial charge on any atom is 0.339 e. The van der Waals surface area contributed by atoms with Gasteiger partial charge in [-0.3, -0.25) is 4.79 Å². The largest absolute Gasteiger partial charge is 0.497 e. The van der Waals surface area contributed by atoms with Crippen LogP contribution >= 0.6 is 0 Å². The number of benzene rings is 4. The number of fused-ring (bicyclic) bond motifs is 3. The Kier molecular flexibility index (Phi) is 6.33. The molecule has 194 valence electrons. The molecule has 0 N–H and O–H groups in total. The minimum atomic E-state index is -4.25. The first-order chi connectivity index (χ1) is 18.1. The molecule has 38 heavy (non-hydrogen) atoms. The summed E-state index contributed by atoms with van der Waals surface area (Å²) >= 11 is 0. The third-order valence-electron chi connectivity index (χ3n) is 5.87. The standard InChI is InChI=1S/C27H20O9S2/c1-33-17-3-7-19(8-4-17)35-37(29,30)21-11-13-23-24-14-12-22(16-26(24)27(28)25(23)15-21)38(31,32)36-20-9-5-18(34-2)6-10-20/h3-16H,1-2H3. The number of rotatable bonds is 8. The fourth-order valence-corrected chi connectivity index (χ4v) is 5.88. The van der Waals surface area contributed by atoms with Gasteiger partial charge in [-0.25, -0.2) is 0 Å². The summed E-state index contributed by atoms with van der Waals surface area (Å²) in [5.41, 5.74) is 1.19. The second-order valence-electron chi connectivity index (χ2n) is 8.17. The van der Waals surface area contributed by atoms with Crippen LogP contribution in [0.5, 0.6) is 23.0 Å². The smallest absolute Gasteiger partial charge is 0.339 e. The van der Waals surface area contributed by atoms with Gasteiger partial charge in [0.15, 0.2) is 5.78 Å². The molecule has 0 saturated heterocycles. The molecule has 1 aliphatic rings. The van der Waals surface area contributed by atoms with Gasteiger partial charge in [0.05, 0.1) is 14.2 Å². The Balaban J connectivity index is 1.42. The van der Waals surface area contributed by atoms with Gasteiger partial charge in [0.1, 0.15) is 32.8 Å². The summed E-state index contributed by atoms with van der Waals surface area (Å²) in [5.74, 6) is 0.705. The molecule has 0 unspecified atom stereocenters. The van der Waals surface area contributed by atoms with E-state index in [-0.39, 0.29) is 32.4 Å². The molecule has 0 bridgehead atoms. The van der Waals surface area contributed by atoms with Gasteiger partial charge < -0.3 is 17.8 Å². The average molecular weight is 553 g/mol. The molecule has 0 saturated carbocycles. The number of carbonyl (C=O) groups is 1. The molecule has 4 aromatic rings. The van der Waals surface area contributed by atoms with E-state index in [2.05, 4.69) is 0 Å². The molecule has 0 aliphatic heterocycles. The zero-order chi connectivity index (χ0) is 27.1. The summed E-state index contributed by atoms with van der Waals surface area (Å²) < 4.78 is 72.0. The van der Waals surface area contributed by atoms with Crippen LogP contribution in [0.3, 0.4) is 0 Å². The van der Waals surface area contributed by atoms with E-state index in [0.717, 1.165) is 0 Å². The fraction of sp³-hybridized carbons (Fsp3) is 0.0741. The summed E-state index contributed by atoms with van der Waals surface area (Å²) in [4.78, 5) is 12.8. The molecule has 0 aromatic heterocycles. The molecule has 0 heterocycles. The van der Waals surface area contributed by atoms with Gasteiger partial charge in [0.2, 0.25) is 0 Å². The molecular weight excluding hydrogens is 532 g/mol. The van der Waals surface area contributed by atoms with Crippen molar-refractivity contribution in [3.05, 3.63) is 96.1 Å². The van der Waals surface area contributed by atoms with Crippen molar-refractivity contribution in [2.24, 2.45) is 0 Å². The lowest BCUT2D eigenvalue weighted by molar-refractivity contribution is 0.104. The lowest BCUT2D eigenvalue weighted by Crippen LogP contribution is -2.11. The van der Waals surface area contributed by atoms with Gasteiger partial charge in [0, 0.05) is 11.1 Å². The number of ether oxygens (including phenoxy) is 2. The van der Waals surface area contributed by atoms with E-state index in [0.29, 0.717) is 22.6 Å². The first kappa shape index (κ1) is 25.3. The van der Waals surface area contributed by atoms with Crippen LogP contribution in [-0.4, -0.2) is 36.8 Å². The van der Waals surface area contributed by atoms with E-state index >= 15 is 0 Å². The van der Waals surface area contributed by atoms with Crippen LogP contribution in [0.1, 0.15) is 15.9 Å². The van der Waals surface area contributed by atoms with Crippen molar-refractivity contribution in [3.63, 3.8) is 0 Å². The van der Waals surface area contributed by atoms with Crippen LogP contribution in [-0.2, 0) is 20.2 Å². The quantitative estimate of drug-likeness (QED) is 0.257. The molecule has 4 aromatic carbocycles. The van der Waals surface area contributed by atoms with Crippen molar-refractivity contribution in [2.75, 3.05) is 14.2 Å². The van der Waals surface area contributed by atoms with Crippen molar-refractivity contribution >= 4 is 26.0 Å². The zero-order valence-corrected chi connectivity index (χ0v) is 21.7. The molecule has 5 rings (SSSR count). The predicted molar refractivity (Wildman–Crippen MR) is 137 cm³/mol. The van der Waals surface area contributed by atoms with Gasteiger partial charge in [-0.15, -0.1) is 0 Å². The highest BCUT2D eigenvalue weighted by molar-refractivity contribution is 7.87. The van der Waals surface area contributed by atoms with Crippen LogP contribution < -0.4 is 17.8 Å². The third kappa shape index (κ3) is 4.69. The van der Waals surface area contributed by atoms with E-state index in [9.17, 15) is 21.6 Å². The van der Waals surface area contributed by atoms with Crippen molar-refractivity contribution in [1.29, 1.82) is 0 Å². The summed E-state index contributed by atoms with van der Waals surface area (Å²) in [6.07, 6.45) is 0. The van der Waals surface area contributed by atoms with Gasteiger partial charge in [-0.1, -0.05) is 12.1 Å². The fourth-order valence-electron chi connectivity index (χ4n) is 3.96. The summed E-state index contributed by atoms with van der Waals surface area (Å²) in [6.45, 7) is 0. The molecule has 0 fully saturated rings. The van der Waals surface area contributed by atoms with E-state index in [1.165, 1.54) is 74.9 Å².